The normalized spacial score (nSPS) is 21.9. The highest BCUT2D eigenvalue weighted by molar-refractivity contribution is 4.82. The first-order valence-electron chi connectivity index (χ1n) is 7.08. The van der Waals surface area contributed by atoms with Gasteiger partial charge in [-0.05, 0) is 25.2 Å². The minimum atomic E-state index is 0.250. The largest absolute Gasteiger partial charge is 0.380 e. The van der Waals surface area contributed by atoms with Crippen LogP contribution in [0.15, 0.2) is 0 Å². The number of hydrogen-bond donors (Lipinski definition) is 1. The van der Waals surface area contributed by atoms with Gasteiger partial charge in [-0.2, -0.15) is 0 Å². The molecular formula is C14H29NO. The second-order valence-corrected chi connectivity index (χ2v) is 5.26. The lowest BCUT2D eigenvalue weighted by molar-refractivity contribution is 0.0154. The molecule has 1 rings (SSSR count). The zero-order valence-electron chi connectivity index (χ0n) is 11.1. The molecule has 2 N–H and O–H groups in total. The molecule has 2 atom stereocenters. The number of ether oxygens (including phenoxy) is 1. The molecule has 0 heterocycles. The molecule has 2 nitrogen and oxygen atoms in total. The van der Waals surface area contributed by atoms with E-state index >= 15 is 0 Å². The molecule has 0 aliphatic heterocycles. The highest BCUT2D eigenvalue weighted by atomic mass is 16.5. The van der Waals surface area contributed by atoms with Crippen molar-refractivity contribution in [2.24, 2.45) is 11.7 Å². The third kappa shape index (κ3) is 4.42. The summed E-state index contributed by atoms with van der Waals surface area (Å²) in [5.41, 5.74) is 6.28. The predicted octanol–water partition coefficient (Wildman–Crippen LogP) is 3.49. The summed E-state index contributed by atoms with van der Waals surface area (Å²) < 4.78 is 5.66. The van der Waals surface area contributed by atoms with Gasteiger partial charge >= 0.3 is 0 Å². The minimum Gasteiger partial charge on any atom is -0.380 e. The lowest BCUT2D eigenvalue weighted by Gasteiger charge is -2.33. The highest BCUT2D eigenvalue weighted by Gasteiger charge is 2.27. The van der Waals surface area contributed by atoms with Gasteiger partial charge in [-0.15, -0.1) is 0 Å². The topological polar surface area (TPSA) is 35.2 Å². The summed E-state index contributed by atoms with van der Waals surface area (Å²) in [5.74, 6) is 0.718. The summed E-state index contributed by atoms with van der Waals surface area (Å²) in [4.78, 5) is 0. The standard InChI is InChI=1S/C14H29NO/c1-3-4-6-11-13(15)14(16-2)12-9-7-5-8-10-12/h12-14H,3-11,15H2,1-2H3. The maximum absolute atomic E-state index is 6.28. The van der Waals surface area contributed by atoms with Crippen LogP contribution >= 0.6 is 0 Å². The Labute approximate surface area is 101 Å². The van der Waals surface area contributed by atoms with Gasteiger partial charge in [0.1, 0.15) is 0 Å². The minimum absolute atomic E-state index is 0.250. The Kier molecular flexibility index (Phi) is 7.06. The number of methoxy groups -OCH3 is 1. The molecule has 1 fully saturated rings. The van der Waals surface area contributed by atoms with Gasteiger partial charge < -0.3 is 10.5 Å². The van der Waals surface area contributed by atoms with Crippen molar-refractivity contribution in [3.8, 4) is 0 Å². The molecule has 0 bridgehead atoms. The van der Waals surface area contributed by atoms with E-state index in [0.717, 1.165) is 12.3 Å². The van der Waals surface area contributed by atoms with Crippen LogP contribution in [0.3, 0.4) is 0 Å². The fraction of sp³-hybridized carbons (Fsp3) is 1.00. The highest BCUT2D eigenvalue weighted by Crippen LogP contribution is 2.29. The van der Waals surface area contributed by atoms with E-state index in [9.17, 15) is 0 Å². The molecule has 0 saturated heterocycles. The zero-order valence-corrected chi connectivity index (χ0v) is 11.1. The van der Waals surface area contributed by atoms with Gasteiger partial charge in [0.2, 0.25) is 0 Å². The summed E-state index contributed by atoms with van der Waals surface area (Å²) in [6, 6.07) is 0.250. The summed E-state index contributed by atoms with van der Waals surface area (Å²) in [5, 5.41) is 0. The van der Waals surface area contributed by atoms with Crippen molar-refractivity contribution in [3.05, 3.63) is 0 Å². The fourth-order valence-corrected chi connectivity index (χ4v) is 2.97. The van der Waals surface area contributed by atoms with E-state index in [1.54, 1.807) is 0 Å². The van der Waals surface area contributed by atoms with E-state index in [4.69, 9.17) is 10.5 Å². The van der Waals surface area contributed by atoms with Gasteiger partial charge in [0.05, 0.1) is 6.10 Å². The molecule has 2 unspecified atom stereocenters. The summed E-state index contributed by atoms with van der Waals surface area (Å²) in [6.07, 6.45) is 12.0. The van der Waals surface area contributed by atoms with Crippen molar-refractivity contribution in [2.75, 3.05) is 7.11 Å². The summed E-state index contributed by atoms with van der Waals surface area (Å²) in [7, 11) is 1.83. The van der Waals surface area contributed by atoms with Gasteiger partial charge in [-0.1, -0.05) is 45.4 Å². The molecule has 96 valence electrons. The van der Waals surface area contributed by atoms with E-state index in [-0.39, 0.29) is 6.04 Å². The van der Waals surface area contributed by atoms with E-state index in [1.807, 2.05) is 7.11 Å². The smallest absolute Gasteiger partial charge is 0.0750 e. The third-order valence-electron chi connectivity index (χ3n) is 3.95. The van der Waals surface area contributed by atoms with Crippen molar-refractivity contribution in [2.45, 2.75) is 76.9 Å². The first-order chi connectivity index (χ1) is 7.79. The SMILES string of the molecule is CCCCCC(N)C(OC)C1CCCCC1. The molecule has 1 aliphatic rings. The molecule has 0 spiro atoms. The van der Waals surface area contributed by atoms with Crippen molar-refractivity contribution in [1.29, 1.82) is 0 Å². The van der Waals surface area contributed by atoms with Crippen LogP contribution in [-0.2, 0) is 4.74 Å². The molecule has 0 amide bonds. The van der Waals surface area contributed by atoms with Crippen LogP contribution in [0.1, 0.15) is 64.7 Å². The van der Waals surface area contributed by atoms with Crippen LogP contribution in [0.4, 0.5) is 0 Å². The first-order valence-corrected chi connectivity index (χ1v) is 7.08. The lowest BCUT2D eigenvalue weighted by Crippen LogP contribution is -2.42. The Morgan fingerprint density at radius 1 is 1.19 bits per heavy atom. The lowest BCUT2D eigenvalue weighted by atomic mass is 9.81. The van der Waals surface area contributed by atoms with Crippen LogP contribution in [0.5, 0.6) is 0 Å². The Morgan fingerprint density at radius 3 is 2.44 bits per heavy atom. The van der Waals surface area contributed by atoms with Gasteiger partial charge in [0, 0.05) is 13.2 Å². The van der Waals surface area contributed by atoms with Crippen molar-refractivity contribution in [3.63, 3.8) is 0 Å². The average Bonchev–Trinajstić information content (AvgIpc) is 2.32. The average molecular weight is 227 g/mol. The molecule has 0 aromatic heterocycles. The maximum atomic E-state index is 6.28. The van der Waals surface area contributed by atoms with Gasteiger partial charge in [0.15, 0.2) is 0 Å². The fourth-order valence-electron chi connectivity index (χ4n) is 2.97. The quantitative estimate of drug-likeness (QED) is 0.676. The Hall–Kier alpha value is -0.0800. The van der Waals surface area contributed by atoms with Crippen molar-refractivity contribution >= 4 is 0 Å². The molecule has 0 aromatic rings. The predicted molar refractivity (Wildman–Crippen MR) is 69.5 cm³/mol. The Bertz CT molecular complexity index is 166. The summed E-state index contributed by atoms with van der Waals surface area (Å²) in [6.45, 7) is 2.24. The van der Waals surface area contributed by atoms with Crippen LogP contribution in [0.2, 0.25) is 0 Å². The van der Waals surface area contributed by atoms with Crippen LogP contribution in [-0.4, -0.2) is 19.3 Å². The molecular weight excluding hydrogens is 198 g/mol. The number of hydrogen-bond acceptors (Lipinski definition) is 2. The first kappa shape index (κ1) is 14.0. The van der Waals surface area contributed by atoms with Gasteiger partial charge in [-0.25, -0.2) is 0 Å². The zero-order chi connectivity index (χ0) is 11.8. The Morgan fingerprint density at radius 2 is 1.88 bits per heavy atom. The van der Waals surface area contributed by atoms with Crippen LogP contribution in [0, 0.1) is 5.92 Å². The van der Waals surface area contributed by atoms with Crippen molar-refractivity contribution in [1.82, 2.24) is 0 Å². The van der Waals surface area contributed by atoms with E-state index in [2.05, 4.69) is 6.92 Å². The molecule has 1 aliphatic carbocycles. The monoisotopic (exact) mass is 227 g/mol. The second kappa shape index (κ2) is 8.08. The van der Waals surface area contributed by atoms with E-state index < -0.39 is 0 Å². The molecule has 16 heavy (non-hydrogen) atoms. The third-order valence-corrected chi connectivity index (χ3v) is 3.95. The van der Waals surface area contributed by atoms with Gasteiger partial charge in [0.25, 0.3) is 0 Å². The molecule has 1 saturated carbocycles. The van der Waals surface area contributed by atoms with E-state index in [1.165, 1.54) is 51.4 Å². The number of rotatable bonds is 7. The maximum Gasteiger partial charge on any atom is 0.0750 e. The molecule has 0 aromatic carbocycles. The number of nitrogens with two attached hydrogens (primary N) is 1. The van der Waals surface area contributed by atoms with Crippen LogP contribution in [0.25, 0.3) is 0 Å². The molecule has 2 heteroatoms. The van der Waals surface area contributed by atoms with E-state index in [0.29, 0.717) is 6.10 Å². The van der Waals surface area contributed by atoms with Crippen LogP contribution < -0.4 is 5.73 Å². The van der Waals surface area contributed by atoms with Crippen molar-refractivity contribution < 1.29 is 4.74 Å². The number of unbranched alkanes of at least 4 members (excludes halogenated alkanes) is 2. The summed E-state index contributed by atoms with van der Waals surface area (Å²) >= 11 is 0. The Balaban J connectivity index is 2.32. The second-order valence-electron chi connectivity index (χ2n) is 5.26. The van der Waals surface area contributed by atoms with Gasteiger partial charge in [-0.3, -0.25) is 0 Å². The molecule has 0 radical (unpaired) electrons.